The fourth-order valence-electron chi connectivity index (χ4n) is 3.50. The van der Waals surface area contributed by atoms with Crippen LogP contribution in [0.2, 0.25) is 10.0 Å². The van der Waals surface area contributed by atoms with Crippen molar-refractivity contribution in [3.05, 3.63) is 104 Å². The first-order chi connectivity index (χ1) is 17.3. The van der Waals surface area contributed by atoms with E-state index in [0.717, 1.165) is 22.6 Å². The molecule has 1 aromatic heterocycles. The minimum atomic E-state index is -0.482. The van der Waals surface area contributed by atoms with Crippen molar-refractivity contribution in [1.82, 2.24) is 14.8 Å². The van der Waals surface area contributed by atoms with E-state index in [1.165, 1.54) is 11.8 Å². The third-order valence-corrected chi connectivity index (χ3v) is 7.25. The second-order valence-corrected chi connectivity index (χ2v) is 9.78. The van der Waals surface area contributed by atoms with E-state index in [1.54, 1.807) is 31.4 Å². The zero-order valence-corrected chi connectivity index (χ0v) is 21.8. The zero-order chi connectivity index (χ0) is 25.7. The quantitative estimate of drug-likeness (QED) is 0.126. The Morgan fingerprint density at radius 1 is 1.00 bits per heavy atom. The van der Waals surface area contributed by atoms with Gasteiger partial charge >= 0.3 is 0 Å². The number of rotatable bonds is 10. The van der Waals surface area contributed by atoms with Gasteiger partial charge < -0.3 is 9.47 Å². The number of hydrogen-bond donors (Lipinski definition) is 0. The normalized spacial score (nSPS) is 11.8. The molecule has 0 saturated heterocycles. The predicted molar refractivity (Wildman–Crippen MR) is 140 cm³/mol. The van der Waals surface area contributed by atoms with Crippen molar-refractivity contribution in [3.63, 3.8) is 0 Å². The van der Waals surface area contributed by atoms with Gasteiger partial charge in [-0.1, -0.05) is 53.2 Å². The Morgan fingerprint density at radius 2 is 1.69 bits per heavy atom. The van der Waals surface area contributed by atoms with Crippen LogP contribution in [0.1, 0.15) is 22.2 Å². The molecule has 11 heteroatoms. The lowest BCUT2D eigenvalue weighted by Gasteiger charge is -2.15. The molecule has 0 fully saturated rings. The second kappa shape index (κ2) is 11.6. The van der Waals surface area contributed by atoms with Crippen LogP contribution in [0, 0.1) is 17.0 Å². The average Bonchev–Trinajstić information content (AvgIpc) is 3.24. The Bertz CT molecular complexity index is 1350. The molecule has 4 aromatic rings. The van der Waals surface area contributed by atoms with Gasteiger partial charge in [-0.15, -0.1) is 10.2 Å². The molecule has 0 amide bonds. The molecule has 3 aromatic carbocycles. The fourth-order valence-corrected chi connectivity index (χ4v) is 4.99. The lowest BCUT2D eigenvalue weighted by atomic mass is 10.1. The van der Waals surface area contributed by atoms with E-state index in [1.807, 2.05) is 54.0 Å². The molecular weight excluding hydrogens is 523 g/mol. The molecule has 0 unspecified atom stereocenters. The third-order valence-electron chi connectivity index (χ3n) is 5.33. The largest absolute Gasteiger partial charge is 0.497 e. The highest BCUT2D eigenvalue weighted by Gasteiger charge is 2.24. The molecule has 36 heavy (non-hydrogen) atoms. The summed E-state index contributed by atoms with van der Waals surface area (Å²) < 4.78 is 12.9. The SMILES string of the molecule is COc1ccc(-n2c(C)nnc2S[C@@H](C[N+](=O)[O-])c2ccc(OCc3ccc(Cl)c(Cl)c3)cc2)cc1. The van der Waals surface area contributed by atoms with E-state index in [4.69, 9.17) is 32.7 Å². The van der Waals surface area contributed by atoms with Gasteiger partial charge in [0.1, 0.15) is 29.2 Å². The number of ether oxygens (including phenoxy) is 2. The van der Waals surface area contributed by atoms with Crippen molar-refractivity contribution in [2.24, 2.45) is 0 Å². The molecule has 0 bridgehead atoms. The smallest absolute Gasteiger partial charge is 0.220 e. The number of thioether (sulfide) groups is 1. The molecular formula is C25H22Cl2N4O4S. The fraction of sp³-hybridized carbons (Fsp3) is 0.200. The molecule has 0 saturated carbocycles. The number of nitro groups is 1. The first kappa shape index (κ1) is 25.8. The van der Waals surface area contributed by atoms with E-state index in [2.05, 4.69) is 10.2 Å². The Morgan fingerprint density at radius 3 is 2.33 bits per heavy atom. The summed E-state index contributed by atoms with van der Waals surface area (Å²) in [5.74, 6) is 2.03. The number of hydrogen-bond acceptors (Lipinski definition) is 7. The van der Waals surface area contributed by atoms with Crippen LogP contribution in [-0.4, -0.2) is 33.3 Å². The monoisotopic (exact) mass is 544 g/mol. The van der Waals surface area contributed by atoms with E-state index in [-0.39, 0.29) is 11.5 Å². The average molecular weight is 545 g/mol. The van der Waals surface area contributed by atoms with Gasteiger partial charge in [-0.25, -0.2) is 0 Å². The molecule has 0 aliphatic carbocycles. The van der Waals surface area contributed by atoms with Crippen molar-refractivity contribution in [3.8, 4) is 17.2 Å². The minimum Gasteiger partial charge on any atom is -0.497 e. The van der Waals surface area contributed by atoms with Crippen molar-refractivity contribution >= 4 is 35.0 Å². The van der Waals surface area contributed by atoms with Crippen molar-refractivity contribution in [2.45, 2.75) is 23.9 Å². The van der Waals surface area contributed by atoms with Gasteiger partial charge in [-0.3, -0.25) is 14.7 Å². The van der Waals surface area contributed by atoms with E-state index in [9.17, 15) is 10.1 Å². The standard InChI is InChI=1S/C25H22Cl2N4O4S/c1-16-28-29-25(31(16)19-6-10-20(34-2)11-7-19)36-24(14-30(32)33)18-4-8-21(9-5-18)35-15-17-3-12-22(26)23(27)13-17/h3-13,24H,14-15H2,1-2H3/t24-/m0/s1. The number of benzene rings is 3. The molecule has 4 rings (SSSR count). The van der Waals surface area contributed by atoms with Gasteiger partial charge in [0.25, 0.3) is 0 Å². The number of nitrogens with zero attached hydrogens (tertiary/aromatic N) is 4. The molecule has 0 aliphatic rings. The third kappa shape index (κ3) is 6.29. The van der Waals surface area contributed by atoms with Crippen molar-refractivity contribution in [1.29, 1.82) is 0 Å². The van der Waals surface area contributed by atoms with Gasteiger partial charge in [0.2, 0.25) is 6.54 Å². The summed E-state index contributed by atoms with van der Waals surface area (Å²) in [5.41, 5.74) is 2.50. The molecule has 8 nitrogen and oxygen atoms in total. The van der Waals surface area contributed by atoms with Crippen molar-refractivity contribution < 1.29 is 14.4 Å². The molecule has 186 valence electrons. The van der Waals surface area contributed by atoms with Gasteiger partial charge in [-0.2, -0.15) is 0 Å². The Hall–Kier alpha value is -3.27. The highest BCUT2D eigenvalue weighted by atomic mass is 35.5. The number of aryl methyl sites for hydroxylation is 1. The van der Waals surface area contributed by atoms with Crippen LogP contribution in [0.5, 0.6) is 11.5 Å². The summed E-state index contributed by atoms with van der Waals surface area (Å²) in [6, 6.07) is 20.0. The summed E-state index contributed by atoms with van der Waals surface area (Å²) in [6.07, 6.45) is 0. The van der Waals surface area contributed by atoms with Crippen LogP contribution in [0.3, 0.4) is 0 Å². The molecule has 1 heterocycles. The maximum Gasteiger partial charge on any atom is 0.220 e. The minimum absolute atomic E-state index is 0.275. The van der Waals surface area contributed by atoms with Crippen LogP contribution >= 0.6 is 35.0 Å². The number of halogens is 2. The van der Waals surface area contributed by atoms with Gasteiger partial charge in [0.15, 0.2) is 5.16 Å². The zero-order valence-electron chi connectivity index (χ0n) is 19.4. The second-order valence-electron chi connectivity index (χ2n) is 7.79. The molecule has 0 spiro atoms. The topological polar surface area (TPSA) is 92.3 Å². The number of aromatic nitrogens is 3. The molecule has 1 atom stereocenters. The van der Waals surface area contributed by atoms with Crippen LogP contribution in [0.4, 0.5) is 0 Å². The van der Waals surface area contributed by atoms with Gasteiger partial charge in [0.05, 0.1) is 17.2 Å². The number of methoxy groups -OCH3 is 1. The summed E-state index contributed by atoms with van der Waals surface area (Å²) in [5, 5.41) is 21.0. The summed E-state index contributed by atoms with van der Waals surface area (Å²) in [4.78, 5) is 11.1. The Kier molecular flexibility index (Phi) is 8.35. The van der Waals surface area contributed by atoms with E-state index < -0.39 is 5.25 Å². The molecule has 0 N–H and O–H groups in total. The first-order valence-electron chi connectivity index (χ1n) is 10.9. The summed E-state index contributed by atoms with van der Waals surface area (Å²) in [6.45, 7) is 1.88. The van der Waals surface area contributed by atoms with E-state index in [0.29, 0.717) is 33.4 Å². The van der Waals surface area contributed by atoms with Gasteiger partial charge in [-0.05, 0) is 66.6 Å². The van der Waals surface area contributed by atoms with Crippen LogP contribution in [0.15, 0.2) is 71.9 Å². The predicted octanol–water partition coefficient (Wildman–Crippen LogP) is 6.58. The van der Waals surface area contributed by atoms with Crippen molar-refractivity contribution in [2.75, 3.05) is 13.7 Å². The summed E-state index contributed by atoms with van der Waals surface area (Å²) in [7, 11) is 1.60. The lowest BCUT2D eigenvalue weighted by Crippen LogP contribution is -2.11. The van der Waals surface area contributed by atoms with Gasteiger partial charge in [0, 0.05) is 10.6 Å². The maximum absolute atomic E-state index is 11.5. The molecule has 0 radical (unpaired) electrons. The first-order valence-corrected chi connectivity index (χ1v) is 12.5. The Balaban J connectivity index is 1.52. The molecule has 0 aliphatic heterocycles. The highest BCUT2D eigenvalue weighted by Crippen LogP contribution is 2.37. The lowest BCUT2D eigenvalue weighted by molar-refractivity contribution is -0.479. The summed E-state index contributed by atoms with van der Waals surface area (Å²) >= 11 is 13.3. The highest BCUT2D eigenvalue weighted by molar-refractivity contribution is 7.99. The van der Waals surface area contributed by atoms with E-state index >= 15 is 0 Å². The van der Waals surface area contributed by atoms with Crippen LogP contribution in [-0.2, 0) is 6.61 Å². The van der Waals surface area contributed by atoms with Crippen LogP contribution < -0.4 is 9.47 Å². The Labute approximate surface area is 222 Å². The maximum atomic E-state index is 11.5. The van der Waals surface area contributed by atoms with Crippen LogP contribution in [0.25, 0.3) is 5.69 Å².